The number of amides is 1. The highest BCUT2D eigenvalue weighted by molar-refractivity contribution is 14.0. The van der Waals surface area contributed by atoms with E-state index < -0.39 is 17.7 Å². The smallest absolute Gasteiger partial charge is 0.222 e. The summed E-state index contributed by atoms with van der Waals surface area (Å²) >= 11 is 0. The molecule has 6 nitrogen and oxygen atoms in total. The van der Waals surface area contributed by atoms with Crippen molar-refractivity contribution in [3.05, 3.63) is 35.4 Å². The molecule has 29 heavy (non-hydrogen) atoms. The third kappa shape index (κ3) is 7.06. The number of carbonyl (C=O) groups is 1. The van der Waals surface area contributed by atoms with Crippen LogP contribution in [0, 0.1) is 11.6 Å². The van der Waals surface area contributed by atoms with Crippen LogP contribution in [0.3, 0.4) is 0 Å². The fourth-order valence-corrected chi connectivity index (χ4v) is 3.36. The summed E-state index contributed by atoms with van der Waals surface area (Å²) in [7, 11) is 3.55. The molecule has 2 N–H and O–H groups in total. The predicted molar refractivity (Wildman–Crippen MR) is 123 cm³/mol. The van der Waals surface area contributed by atoms with Crippen LogP contribution in [0.4, 0.5) is 8.78 Å². The molecule has 0 aromatic heterocycles. The lowest BCUT2D eigenvalue weighted by Crippen LogP contribution is -2.45. The van der Waals surface area contributed by atoms with Gasteiger partial charge in [-0.2, -0.15) is 0 Å². The Hall–Kier alpha value is -1.49. The number of rotatable bonds is 7. The predicted octanol–water partition coefficient (Wildman–Crippen LogP) is 2.75. The number of aliphatic imine (C=N–C) groups is 1. The molecule has 2 unspecified atom stereocenters. The first-order valence-corrected chi connectivity index (χ1v) is 9.80. The van der Waals surface area contributed by atoms with E-state index in [1.165, 1.54) is 18.2 Å². The molecule has 2 rings (SSSR count). The SMILES string of the molecule is CCNC(=NCC(c1c(F)cccc1F)N(C)C)NC1CCN(C(=O)CC)C1.I. The Morgan fingerprint density at radius 3 is 2.52 bits per heavy atom. The van der Waals surface area contributed by atoms with E-state index in [1.807, 2.05) is 18.7 Å². The molecule has 0 spiro atoms. The standard InChI is InChI=1S/C20H31F2N5O.HI/c1-5-18(28)27-11-10-14(13-27)25-20(23-6-2)24-12-17(26(3)4)19-15(21)8-7-9-16(19)22;/h7-9,14,17H,5-6,10-13H2,1-4H3,(H2,23,24,25);1H. The molecule has 1 saturated heterocycles. The van der Waals surface area contributed by atoms with E-state index in [1.54, 1.807) is 19.0 Å². The van der Waals surface area contributed by atoms with Gasteiger partial charge in [-0.3, -0.25) is 9.79 Å². The Morgan fingerprint density at radius 1 is 1.31 bits per heavy atom. The molecule has 1 aliphatic heterocycles. The Balaban J connectivity index is 0.00000420. The highest BCUT2D eigenvalue weighted by Gasteiger charge is 2.26. The lowest BCUT2D eigenvalue weighted by Gasteiger charge is -2.25. The number of nitrogens with one attached hydrogen (secondary N) is 2. The van der Waals surface area contributed by atoms with Gasteiger partial charge in [0.25, 0.3) is 0 Å². The number of hydrogen-bond donors (Lipinski definition) is 2. The van der Waals surface area contributed by atoms with Crippen molar-refractivity contribution in [2.75, 3.05) is 40.3 Å². The van der Waals surface area contributed by atoms with Gasteiger partial charge < -0.3 is 20.4 Å². The van der Waals surface area contributed by atoms with Crippen LogP contribution in [0.2, 0.25) is 0 Å². The van der Waals surface area contributed by atoms with E-state index in [4.69, 9.17) is 0 Å². The minimum absolute atomic E-state index is 0. The van der Waals surface area contributed by atoms with Crippen molar-refractivity contribution in [3.8, 4) is 0 Å². The van der Waals surface area contributed by atoms with Gasteiger partial charge in [0.1, 0.15) is 11.6 Å². The van der Waals surface area contributed by atoms with E-state index in [-0.39, 0.29) is 48.0 Å². The zero-order valence-corrected chi connectivity index (χ0v) is 19.9. The number of carbonyl (C=O) groups excluding carboxylic acids is 1. The van der Waals surface area contributed by atoms with Crippen molar-refractivity contribution in [1.29, 1.82) is 0 Å². The minimum atomic E-state index is -0.573. The number of halogens is 3. The number of guanidine groups is 1. The highest BCUT2D eigenvalue weighted by Crippen LogP contribution is 2.24. The van der Waals surface area contributed by atoms with E-state index in [0.29, 0.717) is 25.5 Å². The second-order valence-corrected chi connectivity index (χ2v) is 7.16. The van der Waals surface area contributed by atoms with E-state index in [9.17, 15) is 13.6 Å². The summed E-state index contributed by atoms with van der Waals surface area (Å²) in [5.74, 6) is -0.413. The van der Waals surface area contributed by atoms with Crippen molar-refractivity contribution in [2.45, 2.75) is 38.8 Å². The molecule has 0 saturated carbocycles. The maximum atomic E-state index is 14.2. The van der Waals surface area contributed by atoms with Crippen molar-refractivity contribution in [3.63, 3.8) is 0 Å². The fraction of sp³-hybridized carbons (Fsp3) is 0.600. The van der Waals surface area contributed by atoms with Gasteiger partial charge in [0.15, 0.2) is 5.96 Å². The molecular formula is C20H32F2IN5O. The number of likely N-dealkylation sites (N-methyl/N-ethyl adjacent to an activating group) is 1. The molecule has 1 heterocycles. The Kier molecular flexibility index (Phi) is 10.8. The molecule has 0 bridgehead atoms. The monoisotopic (exact) mass is 523 g/mol. The summed E-state index contributed by atoms with van der Waals surface area (Å²) in [5.41, 5.74) is 0.0210. The molecule has 1 aromatic rings. The topological polar surface area (TPSA) is 60.0 Å². The van der Waals surface area contributed by atoms with E-state index in [2.05, 4.69) is 15.6 Å². The molecule has 1 fully saturated rings. The second-order valence-electron chi connectivity index (χ2n) is 7.16. The van der Waals surface area contributed by atoms with Crippen LogP contribution in [-0.4, -0.2) is 68.0 Å². The average molecular weight is 523 g/mol. The van der Waals surface area contributed by atoms with E-state index in [0.717, 1.165) is 13.0 Å². The maximum Gasteiger partial charge on any atom is 0.222 e. The van der Waals surface area contributed by atoms with Crippen molar-refractivity contribution < 1.29 is 13.6 Å². The van der Waals surface area contributed by atoms with Crippen LogP contribution >= 0.6 is 24.0 Å². The summed E-state index contributed by atoms with van der Waals surface area (Å²) in [6.07, 6.45) is 1.34. The zero-order valence-electron chi connectivity index (χ0n) is 17.5. The van der Waals surface area contributed by atoms with Gasteiger partial charge in [-0.25, -0.2) is 8.78 Å². The average Bonchev–Trinajstić information content (AvgIpc) is 3.11. The van der Waals surface area contributed by atoms with Crippen LogP contribution in [0.25, 0.3) is 0 Å². The van der Waals surface area contributed by atoms with Crippen LogP contribution in [0.5, 0.6) is 0 Å². The number of benzene rings is 1. The van der Waals surface area contributed by atoms with Gasteiger partial charge in [0.05, 0.1) is 12.6 Å². The first kappa shape index (κ1) is 25.5. The largest absolute Gasteiger partial charge is 0.357 e. The van der Waals surface area contributed by atoms with Crippen LogP contribution in [0.1, 0.15) is 38.3 Å². The molecule has 0 aliphatic carbocycles. The number of hydrogen-bond acceptors (Lipinski definition) is 3. The van der Waals surface area contributed by atoms with Crippen molar-refractivity contribution in [2.24, 2.45) is 4.99 Å². The van der Waals surface area contributed by atoms with Gasteiger partial charge in [-0.15, -0.1) is 24.0 Å². The third-order valence-corrected chi connectivity index (χ3v) is 4.91. The van der Waals surface area contributed by atoms with Gasteiger partial charge >= 0.3 is 0 Å². The normalized spacial score (nSPS) is 17.8. The number of nitrogens with zero attached hydrogens (tertiary/aromatic N) is 3. The number of likely N-dealkylation sites (tertiary alicyclic amines) is 1. The van der Waals surface area contributed by atoms with Crippen LogP contribution in [0.15, 0.2) is 23.2 Å². The van der Waals surface area contributed by atoms with E-state index >= 15 is 0 Å². The highest BCUT2D eigenvalue weighted by atomic mass is 127. The lowest BCUT2D eigenvalue weighted by atomic mass is 10.0. The molecule has 1 aliphatic rings. The van der Waals surface area contributed by atoms with Gasteiger partial charge in [0.2, 0.25) is 5.91 Å². The summed E-state index contributed by atoms with van der Waals surface area (Å²) in [5, 5.41) is 6.51. The zero-order chi connectivity index (χ0) is 20.7. The summed E-state index contributed by atoms with van der Waals surface area (Å²) in [6, 6.07) is 3.47. The molecule has 2 atom stereocenters. The lowest BCUT2D eigenvalue weighted by molar-refractivity contribution is -0.129. The molecule has 9 heteroatoms. The minimum Gasteiger partial charge on any atom is -0.357 e. The molecule has 0 radical (unpaired) electrons. The summed E-state index contributed by atoms with van der Waals surface area (Å²) < 4.78 is 28.5. The van der Waals surface area contributed by atoms with Gasteiger partial charge in [-0.05, 0) is 39.6 Å². The van der Waals surface area contributed by atoms with Crippen molar-refractivity contribution >= 4 is 35.8 Å². The second kappa shape index (κ2) is 12.3. The first-order valence-electron chi connectivity index (χ1n) is 9.80. The molecule has 1 aromatic carbocycles. The maximum absolute atomic E-state index is 14.2. The summed E-state index contributed by atoms with van der Waals surface area (Å²) in [6.45, 7) is 6.04. The van der Waals surface area contributed by atoms with Crippen molar-refractivity contribution in [1.82, 2.24) is 20.4 Å². The van der Waals surface area contributed by atoms with Crippen LogP contribution < -0.4 is 10.6 Å². The fourth-order valence-electron chi connectivity index (χ4n) is 3.36. The molecular weight excluding hydrogens is 491 g/mol. The first-order chi connectivity index (χ1) is 13.4. The van der Waals surface area contributed by atoms with Crippen LogP contribution in [-0.2, 0) is 4.79 Å². The summed E-state index contributed by atoms with van der Waals surface area (Å²) in [4.78, 5) is 20.0. The molecule has 1 amide bonds. The Labute approximate surface area is 189 Å². The molecule has 164 valence electrons. The van der Waals surface area contributed by atoms with Gasteiger partial charge in [-0.1, -0.05) is 13.0 Å². The Bertz CT molecular complexity index is 681. The van der Waals surface area contributed by atoms with Gasteiger partial charge in [0, 0.05) is 37.7 Å². The quantitative estimate of drug-likeness (QED) is 0.328. The Morgan fingerprint density at radius 2 is 1.97 bits per heavy atom. The third-order valence-electron chi connectivity index (χ3n) is 4.91.